The van der Waals surface area contributed by atoms with Crippen LogP contribution in [0.25, 0.3) is 21.8 Å². The average Bonchev–Trinajstić information content (AvgIpc) is 3.26. The Morgan fingerprint density at radius 3 is 2.51 bits per heavy atom. The normalized spacial score (nSPS) is 11.7. The lowest BCUT2D eigenvalue weighted by Gasteiger charge is -2.11. The molecule has 1 amide bonds. The van der Waals surface area contributed by atoms with Gasteiger partial charge in [-0.25, -0.2) is 17.4 Å². The minimum absolute atomic E-state index is 0.0207. The van der Waals surface area contributed by atoms with Gasteiger partial charge in [0.2, 0.25) is 5.91 Å². The smallest absolute Gasteiger partial charge is 0.270 e. The number of aromatic nitrogens is 2. The lowest BCUT2D eigenvalue weighted by atomic mass is 10.1. The zero-order valence-corrected chi connectivity index (χ0v) is 20.6. The summed E-state index contributed by atoms with van der Waals surface area (Å²) in [6.07, 6.45) is 0.870. The van der Waals surface area contributed by atoms with Crippen molar-refractivity contribution in [1.82, 2.24) is 8.96 Å². The number of aryl methyl sites for hydroxylation is 1. The van der Waals surface area contributed by atoms with Gasteiger partial charge in [-0.15, -0.1) is 0 Å². The number of carbonyl (C=O) groups is 1. The van der Waals surface area contributed by atoms with Gasteiger partial charge < -0.3 is 5.32 Å². The van der Waals surface area contributed by atoms with Gasteiger partial charge in [0.1, 0.15) is 0 Å². The second-order valence-corrected chi connectivity index (χ2v) is 10.8. The Morgan fingerprint density at radius 1 is 0.914 bits per heavy atom. The second kappa shape index (κ2) is 9.56. The largest absolute Gasteiger partial charge is 0.325 e. The van der Waals surface area contributed by atoms with E-state index in [0.717, 1.165) is 34.5 Å². The molecule has 0 saturated heterocycles. The van der Waals surface area contributed by atoms with Crippen LogP contribution in [0.15, 0.2) is 101 Å². The molecule has 0 aliphatic heterocycles. The number of para-hydroxylation sites is 2. The van der Waals surface area contributed by atoms with Crippen LogP contribution in [0.2, 0.25) is 0 Å². The number of imidazole rings is 1. The standard InChI is InChI=1S/C27H23N3O3S2/c1-2-19-8-7-11-22(16-19)28-26(31)18-34-27-29-24-12-5-6-13-25(24)30(27)35(32,33)23-15-14-20-9-3-4-10-21(20)17-23/h3-17H,2,18H2,1H3,(H,28,31). The Bertz CT molecular complexity index is 1660. The third-order valence-corrected chi connectivity index (χ3v) is 8.46. The fourth-order valence-corrected chi connectivity index (χ4v) is 6.48. The Morgan fingerprint density at radius 2 is 1.69 bits per heavy atom. The number of rotatable bonds is 7. The molecule has 0 aliphatic carbocycles. The number of nitrogens with one attached hydrogen (secondary N) is 1. The maximum Gasteiger partial charge on any atom is 0.270 e. The molecule has 0 unspecified atom stereocenters. The van der Waals surface area contributed by atoms with Crippen LogP contribution in [0.1, 0.15) is 12.5 Å². The molecule has 8 heteroatoms. The lowest BCUT2D eigenvalue weighted by Crippen LogP contribution is -2.17. The van der Waals surface area contributed by atoms with Gasteiger partial charge in [-0.2, -0.15) is 0 Å². The molecule has 5 aromatic rings. The van der Waals surface area contributed by atoms with Crippen LogP contribution in [-0.4, -0.2) is 29.0 Å². The molecule has 0 atom stereocenters. The predicted octanol–water partition coefficient (Wildman–Crippen LogP) is 5.72. The number of fused-ring (bicyclic) bond motifs is 2. The number of benzene rings is 4. The first-order valence-corrected chi connectivity index (χ1v) is 13.6. The second-order valence-electron chi connectivity index (χ2n) is 8.05. The zero-order chi connectivity index (χ0) is 24.4. The van der Waals surface area contributed by atoms with Crippen LogP contribution in [0.3, 0.4) is 0 Å². The molecule has 0 saturated carbocycles. The van der Waals surface area contributed by atoms with Gasteiger partial charge in [0.25, 0.3) is 10.0 Å². The monoisotopic (exact) mass is 501 g/mol. The summed E-state index contributed by atoms with van der Waals surface area (Å²) in [6.45, 7) is 2.05. The van der Waals surface area contributed by atoms with Gasteiger partial charge in [-0.1, -0.05) is 73.3 Å². The first kappa shape index (κ1) is 23.1. The molecule has 0 fully saturated rings. The van der Waals surface area contributed by atoms with Crippen molar-refractivity contribution in [2.24, 2.45) is 0 Å². The van der Waals surface area contributed by atoms with Crippen molar-refractivity contribution in [3.63, 3.8) is 0 Å². The number of anilines is 1. The summed E-state index contributed by atoms with van der Waals surface area (Å²) < 4.78 is 28.8. The molecule has 0 bridgehead atoms. The van der Waals surface area contributed by atoms with E-state index in [-0.39, 0.29) is 21.7 Å². The molecular formula is C27H23N3O3S2. The van der Waals surface area contributed by atoms with Gasteiger partial charge in [0.15, 0.2) is 5.16 Å². The molecule has 4 aromatic carbocycles. The van der Waals surface area contributed by atoms with E-state index in [1.54, 1.807) is 36.4 Å². The summed E-state index contributed by atoms with van der Waals surface area (Å²) in [4.78, 5) is 17.4. The fraction of sp³-hybridized carbons (Fsp3) is 0.111. The third-order valence-electron chi connectivity index (χ3n) is 5.70. The highest BCUT2D eigenvalue weighted by Gasteiger charge is 2.25. The van der Waals surface area contributed by atoms with Gasteiger partial charge in [0, 0.05) is 5.69 Å². The van der Waals surface area contributed by atoms with Crippen LogP contribution >= 0.6 is 11.8 Å². The zero-order valence-electron chi connectivity index (χ0n) is 19.0. The highest BCUT2D eigenvalue weighted by Crippen LogP contribution is 2.30. The lowest BCUT2D eigenvalue weighted by molar-refractivity contribution is -0.113. The summed E-state index contributed by atoms with van der Waals surface area (Å²) in [7, 11) is -3.96. The minimum atomic E-state index is -3.96. The van der Waals surface area contributed by atoms with Crippen LogP contribution in [0, 0.1) is 0 Å². The maximum absolute atomic E-state index is 13.8. The molecule has 6 nitrogen and oxygen atoms in total. The van der Waals surface area contributed by atoms with Crippen molar-refractivity contribution >= 4 is 55.2 Å². The summed E-state index contributed by atoms with van der Waals surface area (Å²) >= 11 is 1.10. The molecule has 0 radical (unpaired) electrons. The van der Waals surface area contributed by atoms with Crippen molar-refractivity contribution in [2.75, 3.05) is 11.1 Å². The summed E-state index contributed by atoms with van der Waals surface area (Å²) in [6, 6.07) is 27.4. The highest BCUT2D eigenvalue weighted by atomic mass is 32.2. The molecular weight excluding hydrogens is 478 g/mol. The fourth-order valence-electron chi connectivity index (χ4n) is 3.93. The van der Waals surface area contributed by atoms with Crippen molar-refractivity contribution in [3.05, 3.63) is 96.6 Å². The highest BCUT2D eigenvalue weighted by molar-refractivity contribution is 8.00. The quantitative estimate of drug-likeness (QED) is 0.289. The van der Waals surface area contributed by atoms with Crippen molar-refractivity contribution < 1.29 is 13.2 Å². The van der Waals surface area contributed by atoms with Crippen molar-refractivity contribution in [1.29, 1.82) is 0 Å². The molecule has 35 heavy (non-hydrogen) atoms. The van der Waals surface area contributed by atoms with Crippen LogP contribution in [0.4, 0.5) is 5.69 Å². The first-order chi connectivity index (χ1) is 17.0. The number of amides is 1. The van der Waals surface area contributed by atoms with Gasteiger partial charge in [0.05, 0.1) is 21.7 Å². The Labute approximate surface area is 208 Å². The minimum Gasteiger partial charge on any atom is -0.325 e. The number of hydrogen-bond donors (Lipinski definition) is 1. The van der Waals surface area contributed by atoms with Crippen LogP contribution in [-0.2, 0) is 21.2 Å². The number of thioether (sulfide) groups is 1. The molecule has 0 aliphatic rings. The van der Waals surface area contributed by atoms with E-state index in [0.29, 0.717) is 16.7 Å². The maximum atomic E-state index is 13.8. The Kier molecular flexibility index (Phi) is 6.32. The molecule has 0 spiro atoms. The van der Waals surface area contributed by atoms with E-state index in [1.165, 1.54) is 3.97 Å². The SMILES string of the molecule is CCc1cccc(NC(=O)CSc2nc3ccccc3n2S(=O)(=O)c2ccc3ccccc3c2)c1. The van der Waals surface area contributed by atoms with Crippen LogP contribution < -0.4 is 5.32 Å². The van der Waals surface area contributed by atoms with Gasteiger partial charge in [-0.3, -0.25) is 4.79 Å². The average molecular weight is 502 g/mol. The molecule has 176 valence electrons. The molecule has 1 heterocycles. The van der Waals surface area contributed by atoms with Gasteiger partial charge in [-0.05, 0) is 59.2 Å². The van der Waals surface area contributed by atoms with Crippen molar-refractivity contribution in [2.45, 2.75) is 23.4 Å². The molecule has 1 N–H and O–H groups in total. The number of nitrogens with zero attached hydrogens (tertiary/aromatic N) is 2. The van der Waals surface area contributed by atoms with Crippen LogP contribution in [0.5, 0.6) is 0 Å². The van der Waals surface area contributed by atoms with Crippen molar-refractivity contribution in [3.8, 4) is 0 Å². The van der Waals surface area contributed by atoms with E-state index in [2.05, 4.69) is 17.2 Å². The Balaban J connectivity index is 1.47. The summed E-state index contributed by atoms with van der Waals surface area (Å²) in [5.74, 6) is -0.211. The van der Waals surface area contributed by atoms with Gasteiger partial charge >= 0.3 is 0 Å². The van der Waals surface area contributed by atoms with E-state index in [4.69, 9.17) is 0 Å². The topological polar surface area (TPSA) is 81.1 Å². The predicted molar refractivity (Wildman–Crippen MR) is 141 cm³/mol. The third kappa shape index (κ3) is 4.67. The summed E-state index contributed by atoms with van der Waals surface area (Å²) in [5, 5.41) is 4.92. The molecule has 1 aromatic heterocycles. The van der Waals surface area contributed by atoms with E-state index < -0.39 is 10.0 Å². The first-order valence-electron chi connectivity index (χ1n) is 11.2. The number of carbonyl (C=O) groups excluding carboxylic acids is 1. The van der Waals surface area contributed by atoms with E-state index in [1.807, 2.05) is 54.6 Å². The van der Waals surface area contributed by atoms with E-state index in [9.17, 15) is 13.2 Å². The summed E-state index contributed by atoms with van der Waals surface area (Å²) in [5.41, 5.74) is 2.86. The molecule has 5 rings (SSSR count). The Hall–Kier alpha value is -3.62. The number of hydrogen-bond acceptors (Lipinski definition) is 5. The van der Waals surface area contributed by atoms with E-state index >= 15 is 0 Å².